The molecule has 0 amide bonds. The zero-order valence-electron chi connectivity index (χ0n) is 8.85. The average molecular weight is 211 g/mol. The molecule has 0 radical (unpaired) electrons. The smallest absolute Gasteiger partial charge is 0.0585 e. The van der Waals surface area contributed by atoms with Crippen molar-refractivity contribution in [3.8, 4) is 0 Å². The molecule has 16 heavy (non-hydrogen) atoms. The van der Waals surface area contributed by atoms with Crippen molar-refractivity contribution in [3.05, 3.63) is 60.6 Å². The van der Waals surface area contributed by atoms with E-state index in [-0.39, 0.29) is 0 Å². The van der Waals surface area contributed by atoms with E-state index in [9.17, 15) is 0 Å². The van der Waals surface area contributed by atoms with Crippen LogP contribution >= 0.6 is 0 Å². The van der Waals surface area contributed by atoms with Gasteiger partial charge in [0, 0.05) is 29.5 Å². The van der Waals surface area contributed by atoms with Crippen LogP contribution in [-0.4, -0.2) is 9.66 Å². The predicted molar refractivity (Wildman–Crippen MR) is 65.8 cm³/mol. The van der Waals surface area contributed by atoms with Crippen LogP contribution in [0.3, 0.4) is 0 Å². The third kappa shape index (κ3) is 1.56. The van der Waals surface area contributed by atoms with Crippen molar-refractivity contribution in [2.75, 3.05) is 5.43 Å². The second-order valence-electron chi connectivity index (χ2n) is 3.78. The molecule has 2 N–H and O–H groups in total. The fraction of sp³-hybridized carbons (Fsp3) is 0.0769. The lowest BCUT2D eigenvalue weighted by Crippen LogP contribution is -2.11. The number of benzene rings is 1. The summed E-state index contributed by atoms with van der Waals surface area (Å²) in [5.41, 5.74) is 5.78. The summed E-state index contributed by atoms with van der Waals surface area (Å²) in [5, 5.41) is 1.28. The molecule has 0 fully saturated rings. The summed E-state index contributed by atoms with van der Waals surface area (Å²) in [4.78, 5) is 3.27. The summed E-state index contributed by atoms with van der Waals surface area (Å²) in [6, 6.07) is 12.3. The standard InChI is InChI=1S/C13H13N3/c1-2-6-13-12(5-1)11(9-14-13)10-15-16-7-3-4-8-16/h1-9,14-15H,10H2. The van der Waals surface area contributed by atoms with Gasteiger partial charge in [0.15, 0.2) is 0 Å². The van der Waals surface area contributed by atoms with Crippen LogP contribution in [0.1, 0.15) is 5.56 Å². The molecule has 0 saturated carbocycles. The van der Waals surface area contributed by atoms with Gasteiger partial charge in [-0.15, -0.1) is 0 Å². The zero-order chi connectivity index (χ0) is 10.8. The Morgan fingerprint density at radius 1 is 1.06 bits per heavy atom. The van der Waals surface area contributed by atoms with E-state index in [2.05, 4.69) is 34.8 Å². The second kappa shape index (κ2) is 3.77. The SMILES string of the molecule is c1ccc2c(CNn3cccc3)c[nH]c2c1. The lowest BCUT2D eigenvalue weighted by molar-refractivity contribution is 0.850. The molecule has 0 atom stereocenters. The maximum atomic E-state index is 3.32. The molecule has 1 aromatic carbocycles. The maximum Gasteiger partial charge on any atom is 0.0585 e. The lowest BCUT2D eigenvalue weighted by Gasteiger charge is -2.06. The number of nitrogens with zero attached hydrogens (tertiary/aromatic N) is 1. The van der Waals surface area contributed by atoms with E-state index in [1.54, 1.807) is 0 Å². The van der Waals surface area contributed by atoms with E-state index in [0.717, 1.165) is 6.54 Å². The molecule has 0 aliphatic rings. The highest BCUT2D eigenvalue weighted by atomic mass is 15.4. The van der Waals surface area contributed by atoms with Gasteiger partial charge >= 0.3 is 0 Å². The van der Waals surface area contributed by atoms with Gasteiger partial charge < -0.3 is 10.4 Å². The van der Waals surface area contributed by atoms with Crippen LogP contribution in [0.2, 0.25) is 0 Å². The number of aromatic nitrogens is 2. The van der Waals surface area contributed by atoms with Gasteiger partial charge in [0.25, 0.3) is 0 Å². The minimum absolute atomic E-state index is 0.818. The molecule has 3 aromatic rings. The fourth-order valence-corrected chi connectivity index (χ4v) is 1.89. The van der Waals surface area contributed by atoms with E-state index in [4.69, 9.17) is 0 Å². The first kappa shape index (κ1) is 9.09. The van der Waals surface area contributed by atoms with Crippen LogP contribution in [0.15, 0.2) is 55.0 Å². The van der Waals surface area contributed by atoms with Gasteiger partial charge in [-0.25, -0.2) is 0 Å². The number of H-pyrrole nitrogens is 1. The van der Waals surface area contributed by atoms with E-state index >= 15 is 0 Å². The van der Waals surface area contributed by atoms with E-state index < -0.39 is 0 Å². The predicted octanol–water partition coefficient (Wildman–Crippen LogP) is 2.71. The first-order valence-corrected chi connectivity index (χ1v) is 5.35. The van der Waals surface area contributed by atoms with Crippen LogP contribution in [-0.2, 0) is 6.54 Å². The van der Waals surface area contributed by atoms with Crippen molar-refractivity contribution >= 4 is 10.9 Å². The highest BCUT2D eigenvalue weighted by Gasteiger charge is 2.01. The van der Waals surface area contributed by atoms with Gasteiger partial charge in [0.1, 0.15) is 0 Å². The van der Waals surface area contributed by atoms with Gasteiger partial charge in [0.05, 0.1) is 6.54 Å². The highest BCUT2D eigenvalue weighted by molar-refractivity contribution is 5.83. The molecule has 3 heteroatoms. The Bertz CT molecular complexity index is 578. The van der Waals surface area contributed by atoms with Gasteiger partial charge in [0.2, 0.25) is 0 Å². The fourth-order valence-electron chi connectivity index (χ4n) is 1.89. The average Bonchev–Trinajstić information content (AvgIpc) is 2.96. The first-order chi connectivity index (χ1) is 7.93. The van der Waals surface area contributed by atoms with Gasteiger partial charge in [-0.3, -0.25) is 4.68 Å². The summed E-state index contributed by atoms with van der Waals surface area (Å²) in [6.07, 6.45) is 6.05. The molecule has 0 aliphatic carbocycles. The molecule has 3 rings (SSSR count). The maximum absolute atomic E-state index is 3.32. The van der Waals surface area contributed by atoms with Crippen molar-refractivity contribution in [2.24, 2.45) is 0 Å². The minimum atomic E-state index is 0.818. The van der Waals surface area contributed by atoms with E-state index in [1.807, 2.05) is 35.3 Å². The van der Waals surface area contributed by atoms with E-state index in [0.29, 0.717) is 0 Å². The molecule has 80 valence electrons. The highest BCUT2D eigenvalue weighted by Crippen LogP contribution is 2.17. The van der Waals surface area contributed by atoms with Crippen molar-refractivity contribution in [3.63, 3.8) is 0 Å². The Kier molecular flexibility index (Phi) is 2.14. The second-order valence-corrected chi connectivity index (χ2v) is 3.78. The van der Waals surface area contributed by atoms with Crippen molar-refractivity contribution in [1.82, 2.24) is 9.66 Å². The number of rotatable bonds is 3. The summed E-state index contributed by atoms with van der Waals surface area (Å²) in [7, 11) is 0. The number of hydrogen-bond donors (Lipinski definition) is 2. The Balaban J connectivity index is 1.84. The van der Waals surface area contributed by atoms with Crippen molar-refractivity contribution < 1.29 is 0 Å². The van der Waals surface area contributed by atoms with Gasteiger partial charge in [-0.05, 0) is 23.8 Å². The molecular formula is C13H13N3. The number of fused-ring (bicyclic) bond motifs is 1. The Labute approximate surface area is 93.7 Å². The Hall–Kier alpha value is -2.16. The third-order valence-corrected chi connectivity index (χ3v) is 2.73. The Morgan fingerprint density at radius 2 is 1.88 bits per heavy atom. The van der Waals surface area contributed by atoms with Crippen molar-refractivity contribution in [2.45, 2.75) is 6.54 Å². The number of hydrogen-bond acceptors (Lipinski definition) is 1. The quantitative estimate of drug-likeness (QED) is 0.686. The zero-order valence-corrected chi connectivity index (χ0v) is 8.85. The van der Waals surface area contributed by atoms with E-state index in [1.165, 1.54) is 16.5 Å². The number of para-hydroxylation sites is 1. The van der Waals surface area contributed by atoms with Crippen LogP contribution in [0.4, 0.5) is 0 Å². The Morgan fingerprint density at radius 3 is 2.75 bits per heavy atom. The van der Waals surface area contributed by atoms with Gasteiger partial charge in [-0.2, -0.15) is 0 Å². The minimum Gasteiger partial charge on any atom is -0.361 e. The van der Waals surface area contributed by atoms with Crippen molar-refractivity contribution in [1.29, 1.82) is 0 Å². The molecule has 2 aromatic heterocycles. The van der Waals surface area contributed by atoms with Crippen LogP contribution in [0, 0.1) is 0 Å². The third-order valence-electron chi connectivity index (χ3n) is 2.73. The van der Waals surface area contributed by atoms with Crippen LogP contribution in [0.5, 0.6) is 0 Å². The first-order valence-electron chi connectivity index (χ1n) is 5.35. The van der Waals surface area contributed by atoms with Gasteiger partial charge in [-0.1, -0.05) is 18.2 Å². The summed E-state index contributed by atoms with van der Waals surface area (Å²) in [6.45, 7) is 0.818. The molecule has 0 bridgehead atoms. The molecule has 0 unspecified atom stereocenters. The number of aromatic amines is 1. The molecule has 0 saturated heterocycles. The normalized spacial score (nSPS) is 10.8. The summed E-state index contributed by atoms with van der Waals surface area (Å²) >= 11 is 0. The molecule has 0 spiro atoms. The number of nitrogens with one attached hydrogen (secondary N) is 2. The lowest BCUT2D eigenvalue weighted by atomic mass is 10.2. The topological polar surface area (TPSA) is 32.8 Å². The van der Waals surface area contributed by atoms with Crippen LogP contribution in [0.25, 0.3) is 10.9 Å². The van der Waals surface area contributed by atoms with Crippen LogP contribution < -0.4 is 5.43 Å². The molecule has 2 heterocycles. The molecule has 0 aliphatic heterocycles. The molecular weight excluding hydrogens is 198 g/mol. The summed E-state index contributed by atoms with van der Waals surface area (Å²) in [5.74, 6) is 0. The summed E-state index contributed by atoms with van der Waals surface area (Å²) < 4.78 is 1.96. The molecule has 3 nitrogen and oxygen atoms in total. The largest absolute Gasteiger partial charge is 0.361 e. The monoisotopic (exact) mass is 211 g/mol.